The molecule has 1 aromatic rings. The van der Waals surface area contributed by atoms with Gasteiger partial charge in [0.25, 0.3) is 0 Å². The largest absolute Gasteiger partial charge is 0.391 e. The van der Waals surface area contributed by atoms with Gasteiger partial charge in [0.2, 0.25) is 0 Å². The Hall–Kier alpha value is -0.940. The predicted molar refractivity (Wildman–Crippen MR) is 103 cm³/mol. The second kappa shape index (κ2) is 9.84. The quantitative estimate of drug-likeness (QED) is 0.493. The van der Waals surface area contributed by atoms with Crippen LogP contribution >= 0.6 is 11.6 Å². The normalized spacial score (nSPS) is 14.5. The van der Waals surface area contributed by atoms with Crippen LogP contribution in [0.25, 0.3) is 6.08 Å². The molecule has 0 saturated heterocycles. The summed E-state index contributed by atoms with van der Waals surface area (Å²) in [5.41, 5.74) is 0.652. The summed E-state index contributed by atoms with van der Waals surface area (Å²) in [5.74, 6) is -3.45. The van der Waals surface area contributed by atoms with Gasteiger partial charge in [0.15, 0.2) is 29.5 Å². The minimum Gasteiger partial charge on any atom is -0.391 e. The van der Waals surface area contributed by atoms with Gasteiger partial charge < -0.3 is 5.11 Å². The van der Waals surface area contributed by atoms with E-state index in [0.29, 0.717) is 5.56 Å². The minimum absolute atomic E-state index is 0.159. The minimum atomic E-state index is -3.94. The molecule has 0 fully saturated rings. The summed E-state index contributed by atoms with van der Waals surface area (Å²) in [5, 5.41) is 10.6. The summed E-state index contributed by atoms with van der Waals surface area (Å²) < 4.78 is 70.8. The smallest absolute Gasteiger partial charge is 0.172 e. The summed E-state index contributed by atoms with van der Waals surface area (Å²) in [4.78, 5) is 0. The van der Waals surface area contributed by atoms with E-state index in [1.165, 1.54) is 6.08 Å². The zero-order valence-electron chi connectivity index (χ0n) is 13.9. The second-order valence-corrected chi connectivity index (χ2v) is 12.5. The predicted octanol–water partition coefficient (Wildman–Crippen LogP) is 0.501. The monoisotopic (exact) mass is 444 g/mol. The van der Waals surface area contributed by atoms with Gasteiger partial charge in [0, 0.05) is 11.3 Å². The maximum Gasteiger partial charge on any atom is 0.172 e. The fraction of sp³-hybridized carbons (Fsp3) is 0.467. The SMILES string of the molecule is O=S(=O)(C=Cc1ccccc1)CCS(=O)(=O)CC(O)CS(=O)(=O)CCCl. The van der Waals surface area contributed by atoms with Crippen molar-refractivity contribution < 1.29 is 30.4 Å². The molecule has 0 saturated carbocycles. The van der Waals surface area contributed by atoms with Crippen LogP contribution in [0.2, 0.25) is 0 Å². The Morgan fingerprint density at radius 3 is 1.96 bits per heavy atom. The fourth-order valence-corrected chi connectivity index (χ4v) is 7.25. The highest BCUT2D eigenvalue weighted by Gasteiger charge is 2.24. The molecule has 0 heterocycles. The highest BCUT2D eigenvalue weighted by Crippen LogP contribution is 2.06. The molecule has 1 atom stereocenters. The molecule has 11 heteroatoms. The van der Waals surface area contributed by atoms with E-state index in [2.05, 4.69) is 0 Å². The van der Waals surface area contributed by atoms with Crippen molar-refractivity contribution in [2.24, 2.45) is 0 Å². The van der Waals surface area contributed by atoms with Crippen molar-refractivity contribution >= 4 is 47.2 Å². The van der Waals surface area contributed by atoms with Crippen molar-refractivity contribution in [1.29, 1.82) is 0 Å². The first-order valence-electron chi connectivity index (χ1n) is 7.55. The lowest BCUT2D eigenvalue weighted by molar-refractivity contribution is 0.220. The first kappa shape index (κ1) is 23.1. The van der Waals surface area contributed by atoms with Gasteiger partial charge in [-0.25, -0.2) is 25.3 Å². The van der Waals surface area contributed by atoms with Crippen molar-refractivity contribution in [3.05, 3.63) is 41.3 Å². The van der Waals surface area contributed by atoms with Gasteiger partial charge in [-0.05, 0) is 11.6 Å². The first-order chi connectivity index (χ1) is 11.9. The summed E-state index contributed by atoms with van der Waals surface area (Å²) in [6.07, 6.45) is -0.272. The van der Waals surface area contributed by atoms with Gasteiger partial charge in [-0.15, -0.1) is 11.6 Å². The van der Waals surface area contributed by atoms with Crippen molar-refractivity contribution in [2.45, 2.75) is 6.10 Å². The molecule has 0 aliphatic rings. The van der Waals surface area contributed by atoms with Crippen LogP contribution in [0.3, 0.4) is 0 Å². The van der Waals surface area contributed by atoms with E-state index >= 15 is 0 Å². The highest BCUT2D eigenvalue weighted by atomic mass is 35.5. The molecule has 0 aliphatic heterocycles. The first-order valence-corrected chi connectivity index (χ1v) is 13.4. The molecule has 0 spiro atoms. The molecule has 0 aliphatic carbocycles. The van der Waals surface area contributed by atoms with Crippen LogP contribution in [-0.4, -0.2) is 71.1 Å². The molecule has 1 unspecified atom stereocenters. The molecule has 1 N–H and O–H groups in total. The maximum absolute atomic E-state index is 11.9. The molecule has 0 radical (unpaired) electrons. The molecule has 0 aromatic heterocycles. The van der Waals surface area contributed by atoms with Crippen LogP contribution in [0.5, 0.6) is 0 Å². The van der Waals surface area contributed by atoms with Gasteiger partial charge >= 0.3 is 0 Å². The van der Waals surface area contributed by atoms with E-state index in [1.54, 1.807) is 30.3 Å². The van der Waals surface area contributed by atoms with E-state index in [1.807, 2.05) is 0 Å². The molecule has 26 heavy (non-hydrogen) atoms. The Morgan fingerprint density at radius 2 is 1.42 bits per heavy atom. The van der Waals surface area contributed by atoms with Crippen molar-refractivity contribution in [2.75, 3.05) is 34.6 Å². The number of aliphatic hydroxyl groups excluding tert-OH is 1. The number of alkyl halides is 1. The Balaban J connectivity index is 2.62. The summed E-state index contributed by atoms with van der Waals surface area (Å²) in [7, 11) is -11.4. The molecule has 1 aromatic carbocycles. The molecular formula is C15H21ClO7S3. The Kier molecular flexibility index (Phi) is 8.74. The van der Waals surface area contributed by atoms with Gasteiger partial charge in [-0.2, -0.15) is 0 Å². The van der Waals surface area contributed by atoms with Crippen LogP contribution in [0, 0.1) is 0 Å². The van der Waals surface area contributed by atoms with Crippen LogP contribution in [0.4, 0.5) is 0 Å². The topological polar surface area (TPSA) is 123 Å². The van der Waals surface area contributed by atoms with Crippen molar-refractivity contribution in [3.8, 4) is 0 Å². The van der Waals surface area contributed by atoms with Gasteiger partial charge in [-0.3, -0.25) is 0 Å². The average Bonchev–Trinajstić information content (AvgIpc) is 2.51. The fourth-order valence-electron chi connectivity index (χ4n) is 1.98. The number of rotatable bonds is 11. The van der Waals surface area contributed by atoms with E-state index in [9.17, 15) is 30.4 Å². The Labute approximate surface area is 159 Å². The molecule has 1 rings (SSSR count). The number of hydrogen-bond acceptors (Lipinski definition) is 7. The van der Waals surface area contributed by atoms with Crippen LogP contribution in [0.15, 0.2) is 35.7 Å². The number of sulfone groups is 3. The molecule has 0 amide bonds. The van der Waals surface area contributed by atoms with Crippen molar-refractivity contribution in [1.82, 2.24) is 0 Å². The standard InChI is InChI=1S/C15H21ClO7S3/c16-7-9-25(20,21)12-15(17)13-26(22,23)11-10-24(18,19)8-6-14-4-2-1-3-5-14/h1-6,8,15,17H,7,9-13H2. The summed E-state index contributed by atoms with van der Waals surface area (Å²) >= 11 is 5.32. The lowest BCUT2D eigenvalue weighted by Gasteiger charge is -2.11. The molecule has 148 valence electrons. The van der Waals surface area contributed by atoms with E-state index in [4.69, 9.17) is 11.6 Å². The highest BCUT2D eigenvalue weighted by molar-refractivity contribution is 7.97. The van der Waals surface area contributed by atoms with Crippen LogP contribution in [0.1, 0.15) is 5.56 Å². The average molecular weight is 445 g/mol. The zero-order valence-corrected chi connectivity index (χ0v) is 17.1. The van der Waals surface area contributed by atoms with Crippen LogP contribution < -0.4 is 0 Å². The molecular weight excluding hydrogens is 424 g/mol. The van der Waals surface area contributed by atoms with E-state index < -0.39 is 58.6 Å². The van der Waals surface area contributed by atoms with Crippen LogP contribution in [-0.2, 0) is 29.5 Å². The molecule has 0 bridgehead atoms. The third-order valence-corrected chi connectivity index (χ3v) is 8.66. The lowest BCUT2D eigenvalue weighted by Crippen LogP contribution is -2.32. The Bertz CT molecular complexity index is 905. The number of halogens is 1. The maximum atomic E-state index is 11.9. The van der Waals surface area contributed by atoms with Gasteiger partial charge in [0.1, 0.15) is 0 Å². The summed E-state index contributed by atoms with van der Waals surface area (Å²) in [6, 6.07) is 8.63. The third-order valence-electron chi connectivity index (χ3n) is 3.23. The zero-order chi connectivity index (χ0) is 19.8. The number of aliphatic hydroxyl groups is 1. The van der Waals surface area contributed by atoms with E-state index in [-0.39, 0.29) is 11.6 Å². The van der Waals surface area contributed by atoms with E-state index in [0.717, 1.165) is 5.41 Å². The van der Waals surface area contributed by atoms with Gasteiger partial charge in [-0.1, -0.05) is 30.3 Å². The number of benzene rings is 1. The second-order valence-electron chi connectivity index (χ2n) is 5.65. The lowest BCUT2D eigenvalue weighted by atomic mass is 10.2. The summed E-state index contributed by atoms with van der Waals surface area (Å²) in [6.45, 7) is 0. The van der Waals surface area contributed by atoms with Gasteiger partial charge in [0.05, 0.1) is 34.9 Å². The Morgan fingerprint density at radius 1 is 0.885 bits per heavy atom. The van der Waals surface area contributed by atoms with Crippen molar-refractivity contribution in [3.63, 3.8) is 0 Å². The number of hydrogen-bond donors (Lipinski definition) is 1. The third kappa shape index (κ3) is 9.67. The molecule has 7 nitrogen and oxygen atoms in total.